The van der Waals surface area contributed by atoms with Crippen LogP contribution in [0.15, 0.2) is 72.8 Å². The van der Waals surface area contributed by atoms with Crippen LogP contribution in [0.3, 0.4) is 0 Å². The predicted octanol–water partition coefficient (Wildman–Crippen LogP) is 5.13. The summed E-state index contributed by atoms with van der Waals surface area (Å²) >= 11 is 2.15. The monoisotopic (exact) mass is 459 g/mol. The Bertz CT molecular complexity index is 883. The lowest BCUT2D eigenvalue weighted by Gasteiger charge is -2.14. The first-order valence-electron chi connectivity index (χ1n) is 8.08. The van der Waals surface area contributed by atoms with Gasteiger partial charge in [-0.05, 0) is 52.4 Å². The van der Waals surface area contributed by atoms with Gasteiger partial charge in [0.25, 0.3) is 5.91 Å². The quantitative estimate of drug-likeness (QED) is 0.520. The molecule has 132 valence electrons. The zero-order valence-corrected chi connectivity index (χ0v) is 16.4. The van der Waals surface area contributed by atoms with Crippen molar-refractivity contribution >= 4 is 34.2 Å². The fraction of sp³-hybridized carbons (Fsp3) is 0.0952. The topological polar surface area (TPSA) is 47.6 Å². The molecule has 5 heteroatoms. The molecule has 0 aliphatic carbocycles. The molecule has 0 radical (unpaired) electrons. The van der Waals surface area contributed by atoms with Gasteiger partial charge in [0.2, 0.25) is 0 Å². The zero-order chi connectivity index (χ0) is 18.4. The van der Waals surface area contributed by atoms with Gasteiger partial charge in [0.05, 0.1) is 10.7 Å². The van der Waals surface area contributed by atoms with E-state index in [-0.39, 0.29) is 5.91 Å². The summed E-state index contributed by atoms with van der Waals surface area (Å²) in [5.41, 5.74) is 2.31. The normalized spacial score (nSPS) is 10.2. The Balaban J connectivity index is 1.83. The minimum absolute atomic E-state index is 0.193. The number of hydrogen-bond donors (Lipinski definition) is 1. The fourth-order valence-corrected chi connectivity index (χ4v) is 3.29. The third kappa shape index (κ3) is 4.54. The van der Waals surface area contributed by atoms with E-state index >= 15 is 0 Å². The number of nitrogens with one attached hydrogen (secondary N) is 1. The van der Waals surface area contributed by atoms with E-state index in [1.165, 1.54) is 0 Å². The summed E-state index contributed by atoms with van der Waals surface area (Å²) in [5, 5.41) is 2.89. The van der Waals surface area contributed by atoms with Crippen molar-refractivity contribution in [3.05, 3.63) is 87.5 Å². The van der Waals surface area contributed by atoms with Gasteiger partial charge < -0.3 is 14.8 Å². The summed E-state index contributed by atoms with van der Waals surface area (Å²) in [4.78, 5) is 12.6. The Hall–Kier alpha value is -2.54. The van der Waals surface area contributed by atoms with Crippen molar-refractivity contribution < 1.29 is 14.3 Å². The zero-order valence-electron chi connectivity index (χ0n) is 14.2. The molecule has 3 rings (SSSR count). The number of halogens is 1. The van der Waals surface area contributed by atoms with Gasteiger partial charge in [0.1, 0.15) is 6.61 Å². The first-order valence-corrected chi connectivity index (χ1v) is 9.16. The van der Waals surface area contributed by atoms with Gasteiger partial charge in [-0.3, -0.25) is 4.79 Å². The van der Waals surface area contributed by atoms with Crippen molar-refractivity contribution in [2.75, 3.05) is 12.4 Å². The molecule has 3 aromatic rings. The van der Waals surface area contributed by atoms with Gasteiger partial charge in [-0.2, -0.15) is 0 Å². The number of carbonyl (C=O) groups is 1. The molecule has 0 aromatic heterocycles. The van der Waals surface area contributed by atoms with Crippen LogP contribution in [-0.4, -0.2) is 13.0 Å². The largest absolute Gasteiger partial charge is 0.492 e. The maximum absolute atomic E-state index is 12.6. The molecular weight excluding hydrogens is 441 g/mol. The molecular formula is C21H18INO3. The van der Waals surface area contributed by atoms with Crippen LogP contribution in [0.1, 0.15) is 15.9 Å². The number of rotatable bonds is 6. The van der Waals surface area contributed by atoms with Crippen molar-refractivity contribution in [1.82, 2.24) is 0 Å². The van der Waals surface area contributed by atoms with E-state index < -0.39 is 0 Å². The summed E-state index contributed by atoms with van der Waals surface area (Å²) in [6.45, 7) is 0.400. The first kappa shape index (κ1) is 18.3. The van der Waals surface area contributed by atoms with E-state index in [1.54, 1.807) is 19.2 Å². The number of amides is 1. The van der Waals surface area contributed by atoms with Crippen molar-refractivity contribution in [2.45, 2.75) is 6.61 Å². The minimum atomic E-state index is -0.193. The summed E-state index contributed by atoms with van der Waals surface area (Å²) in [7, 11) is 1.59. The standard InChI is InChI=1S/C21H18INO3/c1-25-20-18(22)12-16(21(24)23-17-10-6-3-7-11-17)13-19(20)26-14-15-8-4-2-5-9-15/h2-13H,14H2,1H3,(H,23,24). The minimum Gasteiger partial charge on any atom is -0.492 e. The summed E-state index contributed by atoms with van der Waals surface area (Å²) < 4.78 is 12.2. The summed E-state index contributed by atoms with van der Waals surface area (Å²) in [6.07, 6.45) is 0. The molecule has 0 saturated carbocycles. The molecule has 0 aliphatic heterocycles. The Labute approximate surface area is 166 Å². The average Bonchev–Trinajstić information content (AvgIpc) is 2.67. The van der Waals surface area contributed by atoms with Crippen LogP contribution in [0.5, 0.6) is 11.5 Å². The van der Waals surface area contributed by atoms with Gasteiger partial charge >= 0.3 is 0 Å². The molecule has 1 N–H and O–H groups in total. The van der Waals surface area contributed by atoms with Crippen LogP contribution in [0, 0.1) is 3.57 Å². The maximum Gasteiger partial charge on any atom is 0.255 e. The molecule has 0 spiro atoms. The Morgan fingerprint density at radius 2 is 1.65 bits per heavy atom. The number of carbonyl (C=O) groups excluding carboxylic acids is 1. The lowest BCUT2D eigenvalue weighted by Crippen LogP contribution is -2.12. The second kappa shape index (κ2) is 8.71. The highest BCUT2D eigenvalue weighted by molar-refractivity contribution is 14.1. The number of ether oxygens (including phenoxy) is 2. The molecule has 0 heterocycles. The SMILES string of the molecule is COc1c(I)cc(C(=O)Nc2ccccc2)cc1OCc1ccccc1. The fourth-order valence-electron chi connectivity index (χ4n) is 2.46. The van der Waals surface area contributed by atoms with Crippen LogP contribution in [0.2, 0.25) is 0 Å². The van der Waals surface area contributed by atoms with E-state index in [0.29, 0.717) is 23.7 Å². The van der Waals surface area contributed by atoms with E-state index in [2.05, 4.69) is 27.9 Å². The highest BCUT2D eigenvalue weighted by atomic mass is 127. The molecule has 0 atom stereocenters. The molecule has 0 bridgehead atoms. The lowest BCUT2D eigenvalue weighted by molar-refractivity contribution is 0.102. The van der Waals surface area contributed by atoms with Gasteiger partial charge in [0.15, 0.2) is 11.5 Å². The smallest absolute Gasteiger partial charge is 0.255 e. The van der Waals surface area contributed by atoms with E-state index in [0.717, 1.165) is 14.8 Å². The van der Waals surface area contributed by atoms with E-state index in [9.17, 15) is 4.79 Å². The molecule has 3 aromatic carbocycles. The molecule has 0 unspecified atom stereocenters. The number of anilines is 1. The average molecular weight is 459 g/mol. The van der Waals surface area contributed by atoms with Gasteiger partial charge in [-0.15, -0.1) is 0 Å². The number of methoxy groups -OCH3 is 1. The molecule has 4 nitrogen and oxygen atoms in total. The third-order valence-corrected chi connectivity index (χ3v) is 4.55. The maximum atomic E-state index is 12.6. The van der Waals surface area contributed by atoms with E-state index in [4.69, 9.17) is 9.47 Å². The van der Waals surface area contributed by atoms with Crippen LogP contribution >= 0.6 is 22.6 Å². The molecule has 0 saturated heterocycles. The van der Waals surface area contributed by atoms with Crippen molar-refractivity contribution in [1.29, 1.82) is 0 Å². The van der Waals surface area contributed by atoms with Crippen molar-refractivity contribution in [3.8, 4) is 11.5 Å². The second-order valence-electron chi connectivity index (χ2n) is 5.58. The molecule has 1 amide bonds. The van der Waals surface area contributed by atoms with Crippen LogP contribution in [-0.2, 0) is 6.61 Å². The Kier molecular flexibility index (Phi) is 6.12. The van der Waals surface area contributed by atoms with Crippen molar-refractivity contribution in [3.63, 3.8) is 0 Å². The lowest BCUT2D eigenvalue weighted by atomic mass is 10.1. The van der Waals surface area contributed by atoms with Gasteiger partial charge in [-0.1, -0.05) is 48.5 Å². The summed E-state index contributed by atoms with van der Waals surface area (Å²) in [6, 6.07) is 22.7. The van der Waals surface area contributed by atoms with Crippen molar-refractivity contribution in [2.24, 2.45) is 0 Å². The Morgan fingerprint density at radius 3 is 2.31 bits per heavy atom. The Morgan fingerprint density at radius 1 is 1.00 bits per heavy atom. The van der Waals surface area contributed by atoms with Crippen LogP contribution < -0.4 is 14.8 Å². The number of para-hydroxylation sites is 1. The highest BCUT2D eigenvalue weighted by Gasteiger charge is 2.16. The highest BCUT2D eigenvalue weighted by Crippen LogP contribution is 2.34. The molecule has 26 heavy (non-hydrogen) atoms. The predicted molar refractivity (Wildman–Crippen MR) is 111 cm³/mol. The number of hydrogen-bond acceptors (Lipinski definition) is 3. The summed E-state index contributed by atoms with van der Waals surface area (Å²) in [5.74, 6) is 0.973. The van der Waals surface area contributed by atoms with Crippen LogP contribution in [0.4, 0.5) is 5.69 Å². The second-order valence-corrected chi connectivity index (χ2v) is 6.75. The van der Waals surface area contributed by atoms with Gasteiger partial charge in [-0.25, -0.2) is 0 Å². The number of benzene rings is 3. The first-order chi connectivity index (χ1) is 12.7. The van der Waals surface area contributed by atoms with Crippen LogP contribution in [0.25, 0.3) is 0 Å². The molecule has 0 fully saturated rings. The molecule has 0 aliphatic rings. The third-order valence-electron chi connectivity index (χ3n) is 3.74. The van der Waals surface area contributed by atoms with Gasteiger partial charge in [0, 0.05) is 11.3 Å². The van der Waals surface area contributed by atoms with E-state index in [1.807, 2.05) is 60.7 Å².